The first-order valence-electron chi connectivity index (χ1n) is 11.8. The lowest BCUT2D eigenvalue weighted by molar-refractivity contribution is -0.119. The van der Waals surface area contributed by atoms with Crippen molar-refractivity contribution in [3.05, 3.63) is 81.5 Å². The highest BCUT2D eigenvalue weighted by molar-refractivity contribution is 6.31. The van der Waals surface area contributed by atoms with Crippen LogP contribution in [-0.2, 0) is 9.53 Å². The van der Waals surface area contributed by atoms with Gasteiger partial charge in [-0.1, -0.05) is 16.8 Å². The quantitative estimate of drug-likeness (QED) is 0.291. The molecule has 0 aliphatic carbocycles. The van der Waals surface area contributed by atoms with Crippen LogP contribution in [0.15, 0.2) is 64.0 Å². The predicted molar refractivity (Wildman–Crippen MR) is 143 cm³/mol. The fraction of sp³-hybridized carbons (Fsp3) is 0.222. The molecule has 11 nitrogen and oxygen atoms in total. The molecular formula is C27H25ClN4O7. The Morgan fingerprint density at radius 1 is 1.10 bits per heavy atom. The molecule has 1 unspecified atom stereocenters. The predicted octanol–water partition coefficient (Wildman–Crippen LogP) is 4.45. The van der Waals surface area contributed by atoms with Crippen LogP contribution >= 0.6 is 11.6 Å². The first-order chi connectivity index (χ1) is 18.7. The van der Waals surface area contributed by atoms with Gasteiger partial charge in [0.15, 0.2) is 5.82 Å². The van der Waals surface area contributed by atoms with Gasteiger partial charge >= 0.3 is 5.97 Å². The van der Waals surface area contributed by atoms with Crippen LogP contribution in [-0.4, -0.2) is 52.5 Å². The zero-order valence-corrected chi connectivity index (χ0v) is 22.1. The molecule has 0 radical (unpaired) electrons. The molecule has 0 saturated heterocycles. The topological polar surface area (TPSA) is 146 Å². The van der Waals surface area contributed by atoms with Crippen LogP contribution in [0.1, 0.15) is 28.6 Å². The molecule has 0 spiro atoms. The number of amides is 1. The van der Waals surface area contributed by atoms with E-state index in [1.54, 1.807) is 25.1 Å². The van der Waals surface area contributed by atoms with Crippen LogP contribution in [0.2, 0.25) is 5.02 Å². The number of carboxylic acid groups (broad SMARTS) is 1. The van der Waals surface area contributed by atoms with Gasteiger partial charge in [-0.15, -0.1) is 0 Å². The highest BCUT2D eigenvalue weighted by atomic mass is 35.5. The minimum absolute atomic E-state index is 0.0801. The lowest BCUT2D eigenvalue weighted by Gasteiger charge is -2.21. The molecule has 0 saturated carbocycles. The van der Waals surface area contributed by atoms with Crippen LogP contribution in [0.3, 0.4) is 0 Å². The van der Waals surface area contributed by atoms with Crippen molar-refractivity contribution in [2.24, 2.45) is 0 Å². The van der Waals surface area contributed by atoms with E-state index in [4.69, 9.17) is 30.7 Å². The third kappa shape index (κ3) is 6.16. The van der Waals surface area contributed by atoms with Gasteiger partial charge in [0.25, 0.3) is 11.4 Å². The number of ether oxygens (including phenoxy) is 2. The van der Waals surface area contributed by atoms with E-state index in [9.17, 15) is 14.4 Å². The van der Waals surface area contributed by atoms with Gasteiger partial charge in [-0.25, -0.2) is 4.79 Å². The standard InChI is InChI=1S/C27H25ClN4O7/c1-15-29-26(39-31-15)19-9-6-17(28)12-20(19)21-13-24(33)32(14-23(21)38-3)22(10-11-37-2)25(34)30-18-7-4-16(5-8-18)27(35)36/h4-9,12-14,22H,10-11H2,1-3H3,(H,30,34)(H,35,36). The summed E-state index contributed by atoms with van der Waals surface area (Å²) in [6.45, 7) is 1.89. The van der Waals surface area contributed by atoms with Crippen molar-refractivity contribution in [3.63, 3.8) is 0 Å². The van der Waals surface area contributed by atoms with E-state index in [1.807, 2.05) is 0 Å². The summed E-state index contributed by atoms with van der Waals surface area (Å²) in [6.07, 6.45) is 1.64. The summed E-state index contributed by atoms with van der Waals surface area (Å²) in [4.78, 5) is 42.2. The number of hydrogen-bond acceptors (Lipinski definition) is 8. The van der Waals surface area contributed by atoms with Crippen molar-refractivity contribution in [3.8, 4) is 28.3 Å². The smallest absolute Gasteiger partial charge is 0.335 e. The van der Waals surface area contributed by atoms with Crippen molar-refractivity contribution < 1.29 is 28.7 Å². The van der Waals surface area contributed by atoms with Crippen LogP contribution in [0.25, 0.3) is 22.6 Å². The molecule has 0 bridgehead atoms. The van der Waals surface area contributed by atoms with Crippen molar-refractivity contribution in [1.29, 1.82) is 0 Å². The van der Waals surface area contributed by atoms with Gasteiger partial charge in [-0.05, 0) is 55.0 Å². The van der Waals surface area contributed by atoms with Gasteiger partial charge in [0.1, 0.15) is 11.8 Å². The summed E-state index contributed by atoms with van der Waals surface area (Å²) >= 11 is 6.29. The van der Waals surface area contributed by atoms with Gasteiger partial charge in [0.05, 0.1) is 18.9 Å². The first-order valence-corrected chi connectivity index (χ1v) is 12.1. The Kier molecular flexibility index (Phi) is 8.43. The van der Waals surface area contributed by atoms with Gasteiger partial charge in [0, 0.05) is 48.0 Å². The number of anilines is 1. The molecule has 39 heavy (non-hydrogen) atoms. The van der Waals surface area contributed by atoms with E-state index < -0.39 is 23.5 Å². The third-order valence-electron chi connectivity index (χ3n) is 5.93. The Hall–Kier alpha value is -4.48. The van der Waals surface area contributed by atoms with Crippen LogP contribution < -0.4 is 15.6 Å². The maximum atomic E-state index is 13.4. The number of nitrogens with zero attached hydrogens (tertiary/aromatic N) is 3. The maximum absolute atomic E-state index is 13.4. The number of carbonyl (C=O) groups is 2. The normalized spacial score (nSPS) is 11.7. The van der Waals surface area contributed by atoms with E-state index in [-0.39, 0.29) is 24.5 Å². The number of pyridine rings is 1. The summed E-state index contributed by atoms with van der Waals surface area (Å²) in [7, 11) is 2.94. The number of halogens is 1. The zero-order chi connectivity index (χ0) is 28.1. The number of methoxy groups -OCH3 is 2. The van der Waals surface area contributed by atoms with Crippen LogP contribution in [0.4, 0.5) is 5.69 Å². The van der Waals surface area contributed by atoms with Crippen molar-refractivity contribution in [1.82, 2.24) is 14.7 Å². The summed E-state index contributed by atoms with van der Waals surface area (Å²) in [5, 5.41) is 16.1. The lowest BCUT2D eigenvalue weighted by Crippen LogP contribution is -2.34. The Balaban J connectivity index is 1.75. The minimum atomic E-state index is -1.08. The van der Waals surface area contributed by atoms with Crippen LogP contribution in [0, 0.1) is 6.92 Å². The van der Waals surface area contributed by atoms with E-state index >= 15 is 0 Å². The van der Waals surface area contributed by atoms with Crippen molar-refractivity contribution in [2.45, 2.75) is 19.4 Å². The van der Waals surface area contributed by atoms with E-state index in [2.05, 4.69) is 15.5 Å². The molecule has 202 valence electrons. The number of nitrogens with one attached hydrogen (secondary N) is 1. The largest absolute Gasteiger partial charge is 0.495 e. The Morgan fingerprint density at radius 3 is 2.46 bits per heavy atom. The number of carboxylic acids is 1. The lowest BCUT2D eigenvalue weighted by atomic mass is 9.99. The van der Waals surface area contributed by atoms with Gasteiger partial charge < -0.3 is 24.4 Å². The van der Waals surface area contributed by atoms with Gasteiger partial charge in [-0.2, -0.15) is 4.98 Å². The summed E-state index contributed by atoms with van der Waals surface area (Å²) in [5.74, 6) is -0.580. The monoisotopic (exact) mass is 552 g/mol. The molecule has 0 aliphatic heterocycles. The highest BCUT2D eigenvalue weighted by Gasteiger charge is 2.25. The average molecular weight is 553 g/mol. The molecule has 12 heteroatoms. The molecule has 2 N–H and O–H groups in total. The Labute approximate surface area is 227 Å². The van der Waals surface area contributed by atoms with E-state index in [1.165, 1.54) is 55.3 Å². The number of aryl methyl sites for hydroxylation is 1. The molecule has 2 heterocycles. The maximum Gasteiger partial charge on any atom is 0.335 e. The SMILES string of the molecule is COCCC(C(=O)Nc1ccc(C(=O)O)cc1)n1cc(OC)c(-c2cc(Cl)ccc2-c2nc(C)no2)cc1=O. The van der Waals surface area contributed by atoms with Gasteiger partial charge in [-0.3, -0.25) is 14.2 Å². The number of aromatic nitrogens is 3. The number of aromatic carboxylic acids is 1. The summed E-state index contributed by atoms with van der Waals surface area (Å²) < 4.78 is 17.4. The minimum Gasteiger partial charge on any atom is -0.495 e. The van der Waals surface area contributed by atoms with Gasteiger partial charge in [0.2, 0.25) is 5.91 Å². The Bertz CT molecular complexity index is 1560. The molecular weight excluding hydrogens is 528 g/mol. The van der Waals surface area contributed by atoms with Crippen molar-refractivity contribution in [2.75, 3.05) is 26.1 Å². The Morgan fingerprint density at radius 2 is 1.85 bits per heavy atom. The molecule has 0 aliphatic rings. The average Bonchev–Trinajstić information content (AvgIpc) is 3.35. The fourth-order valence-electron chi connectivity index (χ4n) is 4.03. The second kappa shape index (κ2) is 11.9. The van der Waals surface area contributed by atoms with Crippen molar-refractivity contribution >= 4 is 29.2 Å². The third-order valence-corrected chi connectivity index (χ3v) is 6.16. The van der Waals surface area contributed by atoms with E-state index in [0.717, 1.165) is 0 Å². The number of hydrogen-bond donors (Lipinski definition) is 2. The molecule has 2 aromatic carbocycles. The second-order valence-electron chi connectivity index (χ2n) is 8.51. The molecule has 2 aromatic heterocycles. The highest BCUT2D eigenvalue weighted by Crippen LogP contribution is 2.38. The molecule has 1 amide bonds. The second-order valence-corrected chi connectivity index (χ2v) is 8.94. The molecule has 4 rings (SSSR count). The number of rotatable bonds is 10. The summed E-state index contributed by atoms with van der Waals surface area (Å²) in [5.41, 5.74) is 1.48. The van der Waals surface area contributed by atoms with E-state index in [0.29, 0.717) is 39.0 Å². The summed E-state index contributed by atoms with van der Waals surface area (Å²) in [6, 6.07) is 11.1. The van der Waals surface area contributed by atoms with Crippen LogP contribution in [0.5, 0.6) is 5.75 Å². The number of carbonyl (C=O) groups excluding carboxylic acids is 1. The molecule has 1 atom stereocenters. The fourth-order valence-corrected chi connectivity index (χ4v) is 4.20. The molecule has 0 fully saturated rings. The zero-order valence-electron chi connectivity index (χ0n) is 21.3. The first kappa shape index (κ1) is 27.6. The molecule has 4 aromatic rings. The number of benzene rings is 2.